The number of hydrogen-bond acceptors (Lipinski definition) is 5. The van der Waals surface area contributed by atoms with Crippen LogP contribution in [0.3, 0.4) is 0 Å². The summed E-state index contributed by atoms with van der Waals surface area (Å²) in [4.78, 5) is 23.5. The molecule has 0 unspecified atom stereocenters. The first-order valence-electron chi connectivity index (χ1n) is 8.53. The van der Waals surface area contributed by atoms with E-state index in [1.807, 2.05) is 38.1 Å². The van der Waals surface area contributed by atoms with E-state index in [4.69, 9.17) is 4.74 Å². The topological polar surface area (TPSA) is 106 Å². The van der Waals surface area contributed by atoms with E-state index in [0.29, 0.717) is 18.5 Å². The summed E-state index contributed by atoms with van der Waals surface area (Å²) in [6, 6.07) is 7.34. The number of nitrogens with zero attached hydrogens (tertiary/aromatic N) is 3. The van der Waals surface area contributed by atoms with Crippen LogP contribution in [0, 0.1) is 12.3 Å². The number of amides is 1. The van der Waals surface area contributed by atoms with Crippen molar-refractivity contribution >= 4 is 11.9 Å². The van der Waals surface area contributed by atoms with E-state index in [1.54, 1.807) is 11.6 Å². The molecule has 0 atom stereocenters. The first-order chi connectivity index (χ1) is 12.3. The van der Waals surface area contributed by atoms with Crippen LogP contribution in [0.4, 0.5) is 0 Å². The van der Waals surface area contributed by atoms with Crippen molar-refractivity contribution in [2.45, 2.75) is 39.7 Å². The van der Waals surface area contributed by atoms with Crippen molar-refractivity contribution in [3.05, 3.63) is 35.7 Å². The lowest BCUT2D eigenvalue weighted by molar-refractivity contribution is -0.143. The Kier molecular flexibility index (Phi) is 4.67. The number of carbonyl (C=O) groups excluding carboxylic acids is 1. The van der Waals surface area contributed by atoms with E-state index < -0.39 is 17.3 Å². The molecular formula is C18H22N4O4. The van der Waals surface area contributed by atoms with Crippen LogP contribution in [0.5, 0.6) is 5.75 Å². The van der Waals surface area contributed by atoms with Gasteiger partial charge in [0.05, 0.1) is 22.9 Å². The highest BCUT2D eigenvalue weighted by Crippen LogP contribution is 2.45. The zero-order valence-corrected chi connectivity index (χ0v) is 15.0. The van der Waals surface area contributed by atoms with Gasteiger partial charge < -0.3 is 15.2 Å². The van der Waals surface area contributed by atoms with Gasteiger partial charge >= 0.3 is 5.97 Å². The van der Waals surface area contributed by atoms with Crippen molar-refractivity contribution in [3.8, 4) is 11.4 Å². The smallest absolute Gasteiger partial charge is 0.311 e. The quantitative estimate of drug-likeness (QED) is 0.784. The van der Waals surface area contributed by atoms with Gasteiger partial charge in [-0.15, -0.1) is 5.10 Å². The molecule has 0 saturated heterocycles. The van der Waals surface area contributed by atoms with E-state index in [1.165, 1.54) is 0 Å². The van der Waals surface area contributed by atoms with Crippen molar-refractivity contribution in [1.29, 1.82) is 0 Å². The molecule has 138 valence electrons. The molecule has 2 N–H and O–H groups in total. The molecule has 3 rings (SSSR count). The minimum Gasteiger partial charge on any atom is -0.491 e. The second kappa shape index (κ2) is 6.78. The molecule has 1 amide bonds. The maximum atomic E-state index is 12.3. The number of ether oxygens (including phenoxy) is 1. The molecule has 0 bridgehead atoms. The van der Waals surface area contributed by atoms with Crippen LogP contribution in [-0.4, -0.2) is 44.6 Å². The van der Waals surface area contributed by atoms with Crippen molar-refractivity contribution in [3.63, 3.8) is 0 Å². The molecule has 2 aromatic rings. The molecule has 1 aliphatic carbocycles. The number of carbonyl (C=O) groups is 2. The predicted octanol–water partition coefficient (Wildman–Crippen LogP) is 1.96. The van der Waals surface area contributed by atoms with Crippen LogP contribution in [-0.2, 0) is 4.79 Å². The minimum absolute atomic E-state index is 0.0878. The lowest BCUT2D eigenvalue weighted by Gasteiger charge is -2.11. The average molecular weight is 358 g/mol. The highest BCUT2D eigenvalue weighted by Gasteiger charge is 2.50. The summed E-state index contributed by atoms with van der Waals surface area (Å²) in [5.74, 6) is -0.536. The number of carboxylic acid groups (broad SMARTS) is 1. The monoisotopic (exact) mass is 358 g/mol. The maximum absolute atomic E-state index is 12.3. The van der Waals surface area contributed by atoms with Gasteiger partial charge in [0.1, 0.15) is 5.75 Å². The Bertz CT molecular complexity index is 822. The van der Waals surface area contributed by atoms with Crippen LogP contribution < -0.4 is 10.1 Å². The molecule has 0 radical (unpaired) electrons. The van der Waals surface area contributed by atoms with Gasteiger partial charge in [0, 0.05) is 6.54 Å². The summed E-state index contributed by atoms with van der Waals surface area (Å²) < 4.78 is 7.18. The second-order valence-corrected chi connectivity index (χ2v) is 6.86. The third kappa shape index (κ3) is 3.54. The third-order valence-corrected chi connectivity index (χ3v) is 4.46. The molecule has 8 heteroatoms. The lowest BCUT2D eigenvalue weighted by atomic mass is 10.1. The van der Waals surface area contributed by atoms with E-state index in [-0.39, 0.29) is 18.3 Å². The average Bonchev–Trinajstić information content (AvgIpc) is 3.30. The highest BCUT2D eigenvalue weighted by atomic mass is 16.5. The van der Waals surface area contributed by atoms with Crippen molar-refractivity contribution in [2.75, 3.05) is 6.54 Å². The van der Waals surface area contributed by atoms with Crippen molar-refractivity contribution in [2.24, 2.45) is 5.41 Å². The molecule has 1 heterocycles. The summed E-state index contributed by atoms with van der Waals surface area (Å²) in [6.45, 7) is 5.76. The molecule has 8 nitrogen and oxygen atoms in total. The van der Waals surface area contributed by atoms with Crippen molar-refractivity contribution in [1.82, 2.24) is 20.3 Å². The molecular weight excluding hydrogens is 336 g/mol. The number of rotatable bonds is 7. The van der Waals surface area contributed by atoms with Crippen LogP contribution in [0.15, 0.2) is 24.3 Å². The van der Waals surface area contributed by atoms with Gasteiger partial charge in [-0.2, -0.15) is 0 Å². The zero-order chi connectivity index (χ0) is 18.9. The largest absolute Gasteiger partial charge is 0.491 e. The number of benzene rings is 1. The Balaban J connectivity index is 1.71. The van der Waals surface area contributed by atoms with Crippen LogP contribution in [0.25, 0.3) is 5.69 Å². The van der Waals surface area contributed by atoms with Gasteiger partial charge in [-0.1, -0.05) is 5.21 Å². The molecule has 1 aromatic carbocycles. The number of aliphatic carboxylic acids is 1. The van der Waals surface area contributed by atoms with Gasteiger partial charge in [-0.3, -0.25) is 9.59 Å². The lowest BCUT2D eigenvalue weighted by Crippen LogP contribution is -2.34. The van der Waals surface area contributed by atoms with Crippen LogP contribution in [0.1, 0.15) is 42.9 Å². The van der Waals surface area contributed by atoms with Gasteiger partial charge in [0.25, 0.3) is 5.91 Å². The zero-order valence-electron chi connectivity index (χ0n) is 15.0. The van der Waals surface area contributed by atoms with Gasteiger partial charge in [0.15, 0.2) is 5.69 Å². The summed E-state index contributed by atoms with van der Waals surface area (Å²) in [6.07, 6.45) is 1.25. The molecule has 0 aliphatic heterocycles. The van der Waals surface area contributed by atoms with E-state index in [0.717, 1.165) is 11.4 Å². The first kappa shape index (κ1) is 17.9. The second-order valence-electron chi connectivity index (χ2n) is 6.86. The van der Waals surface area contributed by atoms with Gasteiger partial charge in [0.2, 0.25) is 0 Å². The summed E-state index contributed by atoms with van der Waals surface area (Å²) in [5.41, 5.74) is 0.717. The van der Waals surface area contributed by atoms with Crippen LogP contribution in [0.2, 0.25) is 0 Å². The van der Waals surface area contributed by atoms with E-state index in [9.17, 15) is 14.7 Å². The number of nitrogens with one attached hydrogen (secondary N) is 1. The number of hydrogen-bond donors (Lipinski definition) is 2. The molecule has 1 fully saturated rings. The molecule has 1 saturated carbocycles. The fourth-order valence-corrected chi connectivity index (χ4v) is 2.67. The van der Waals surface area contributed by atoms with E-state index in [2.05, 4.69) is 15.6 Å². The standard InChI is InChI=1S/C18H22N4O4/c1-11(2)26-14-6-4-13(5-7-14)22-12(3)15(20-21-22)16(23)19-10-18(8-9-18)17(24)25/h4-7,11H,8-10H2,1-3H3,(H,19,23)(H,24,25). The SMILES string of the molecule is Cc1c(C(=O)NCC2(C(=O)O)CC2)nnn1-c1ccc(OC(C)C)cc1. The van der Waals surface area contributed by atoms with Gasteiger partial charge in [-0.05, 0) is 57.9 Å². The normalized spacial score (nSPS) is 14.9. The first-order valence-corrected chi connectivity index (χ1v) is 8.53. The van der Waals surface area contributed by atoms with E-state index >= 15 is 0 Å². The number of aromatic nitrogens is 3. The third-order valence-electron chi connectivity index (χ3n) is 4.46. The molecule has 1 aliphatic rings. The highest BCUT2D eigenvalue weighted by molar-refractivity contribution is 5.93. The fraction of sp³-hybridized carbons (Fsp3) is 0.444. The predicted molar refractivity (Wildman–Crippen MR) is 93.5 cm³/mol. The maximum Gasteiger partial charge on any atom is 0.311 e. The Morgan fingerprint density at radius 2 is 1.96 bits per heavy atom. The molecule has 0 spiro atoms. The summed E-state index contributed by atoms with van der Waals surface area (Å²) >= 11 is 0. The Morgan fingerprint density at radius 3 is 2.50 bits per heavy atom. The molecule has 26 heavy (non-hydrogen) atoms. The van der Waals surface area contributed by atoms with Crippen LogP contribution >= 0.6 is 0 Å². The minimum atomic E-state index is -0.873. The fourth-order valence-electron chi connectivity index (χ4n) is 2.67. The Labute approximate surface area is 151 Å². The number of carboxylic acids is 1. The van der Waals surface area contributed by atoms with Gasteiger partial charge in [-0.25, -0.2) is 4.68 Å². The molecule has 1 aromatic heterocycles. The summed E-state index contributed by atoms with van der Waals surface area (Å²) in [7, 11) is 0. The Morgan fingerprint density at radius 1 is 1.31 bits per heavy atom. The summed E-state index contributed by atoms with van der Waals surface area (Å²) in [5, 5.41) is 19.8. The Hall–Kier alpha value is -2.90. The van der Waals surface area contributed by atoms with Crippen molar-refractivity contribution < 1.29 is 19.4 Å².